The third kappa shape index (κ3) is 2.98. The Morgan fingerprint density at radius 1 is 0.741 bits per heavy atom. The Balaban J connectivity index is 1.51. The van der Waals surface area contributed by atoms with Gasteiger partial charge in [-0.2, -0.15) is 5.10 Å². The molecule has 0 atom stereocenters. The zero-order chi connectivity index (χ0) is 18.2. The Morgan fingerprint density at radius 2 is 1.48 bits per heavy atom. The number of benzene rings is 2. The van der Waals surface area contributed by atoms with Gasteiger partial charge in [0.1, 0.15) is 0 Å². The maximum atomic E-state index is 5.96. The molecule has 0 aliphatic rings. The molecule has 5 rings (SSSR count). The number of hydrogen-bond acceptors (Lipinski definition) is 4. The number of rotatable bonds is 3. The molecule has 0 unspecified atom stereocenters. The van der Waals surface area contributed by atoms with Gasteiger partial charge in [0.15, 0.2) is 0 Å². The normalized spacial score (nSPS) is 11.1. The van der Waals surface area contributed by atoms with E-state index in [0.717, 1.165) is 27.9 Å². The fraction of sp³-hybridized carbons (Fsp3) is 0. The average Bonchev–Trinajstić information content (AvgIpc) is 3.36. The van der Waals surface area contributed by atoms with Crippen LogP contribution in [0, 0.1) is 0 Å². The summed E-state index contributed by atoms with van der Waals surface area (Å²) in [6.07, 6.45) is 1.89. The van der Waals surface area contributed by atoms with Crippen molar-refractivity contribution >= 4 is 17.1 Å². The molecule has 3 aromatic heterocycles. The highest BCUT2D eigenvalue weighted by Gasteiger charge is 2.12. The summed E-state index contributed by atoms with van der Waals surface area (Å²) in [4.78, 5) is 0. The molecule has 2 aromatic carbocycles. The lowest BCUT2D eigenvalue weighted by molar-refractivity contribution is 0.584. The molecule has 0 saturated heterocycles. The van der Waals surface area contributed by atoms with Gasteiger partial charge in [0.2, 0.25) is 11.8 Å². The van der Waals surface area contributed by atoms with Gasteiger partial charge in [0.25, 0.3) is 0 Å². The van der Waals surface area contributed by atoms with Gasteiger partial charge in [-0.05, 0) is 42.5 Å². The number of nitrogens with zero attached hydrogens (tertiary/aromatic N) is 4. The molecule has 130 valence electrons. The third-order valence-electron chi connectivity index (χ3n) is 4.30. The topological polar surface area (TPSA) is 56.2 Å². The second kappa shape index (κ2) is 6.37. The molecule has 0 radical (unpaired) electrons. The number of halogens is 1. The predicted octanol–water partition coefficient (Wildman–Crippen LogP) is 5.37. The largest absolute Gasteiger partial charge is 0.416 e. The van der Waals surface area contributed by atoms with E-state index < -0.39 is 0 Å². The van der Waals surface area contributed by atoms with Gasteiger partial charge in [-0.3, -0.25) is 0 Å². The minimum absolute atomic E-state index is 0.477. The Kier molecular flexibility index (Phi) is 3.73. The monoisotopic (exact) mass is 372 g/mol. The van der Waals surface area contributed by atoms with Crippen molar-refractivity contribution < 1.29 is 4.42 Å². The molecular formula is C21H13ClN4O. The maximum absolute atomic E-state index is 5.96. The quantitative estimate of drug-likeness (QED) is 0.427. The van der Waals surface area contributed by atoms with Crippen LogP contribution >= 0.6 is 11.6 Å². The Labute approximate surface area is 159 Å². The third-order valence-corrected chi connectivity index (χ3v) is 4.55. The van der Waals surface area contributed by atoms with E-state index in [2.05, 4.69) is 15.3 Å². The van der Waals surface area contributed by atoms with E-state index >= 15 is 0 Å². The number of pyridine rings is 1. The van der Waals surface area contributed by atoms with E-state index in [4.69, 9.17) is 16.0 Å². The van der Waals surface area contributed by atoms with Crippen LogP contribution in [0.5, 0.6) is 0 Å². The van der Waals surface area contributed by atoms with Crippen molar-refractivity contribution in [2.24, 2.45) is 0 Å². The zero-order valence-electron chi connectivity index (χ0n) is 14.1. The van der Waals surface area contributed by atoms with E-state index in [1.807, 2.05) is 83.5 Å². The molecule has 5 nitrogen and oxygen atoms in total. The van der Waals surface area contributed by atoms with Gasteiger partial charge in [-0.1, -0.05) is 41.9 Å². The molecule has 0 aliphatic heterocycles. The maximum Gasteiger partial charge on any atom is 0.248 e. The van der Waals surface area contributed by atoms with E-state index in [0.29, 0.717) is 16.8 Å². The smallest absolute Gasteiger partial charge is 0.248 e. The minimum Gasteiger partial charge on any atom is -0.416 e. The fourth-order valence-corrected chi connectivity index (χ4v) is 3.05. The Morgan fingerprint density at radius 3 is 2.26 bits per heavy atom. The van der Waals surface area contributed by atoms with Crippen LogP contribution in [0.1, 0.15) is 0 Å². The van der Waals surface area contributed by atoms with Gasteiger partial charge < -0.3 is 4.42 Å². The van der Waals surface area contributed by atoms with Crippen LogP contribution in [0.4, 0.5) is 0 Å². The van der Waals surface area contributed by atoms with Gasteiger partial charge >= 0.3 is 0 Å². The summed E-state index contributed by atoms with van der Waals surface area (Å²) in [5.74, 6) is 0.978. The fourth-order valence-electron chi connectivity index (χ4n) is 2.93. The van der Waals surface area contributed by atoms with Crippen molar-refractivity contribution in [2.45, 2.75) is 0 Å². The van der Waals surface area contributed by atoms with Gasteiger partial charge in [-0.25, -0.2) is 4.52 Å². The lowest BCUT2D eigenvalue weighted by atomic mass is 10.1. The highest BCUT2D eigenvalue weighted by molar-refractivity contribution is 6.30. The average molecular weight is 373 g/mol. The summed E-state index contributed by atoms with van der Waals surface area (Å²) in [5, 5.41) is 13.6. The molecule has 0 N–H and O–H groups in total. The standard InChI is InChI=1S/C21H13ClN4O/c22-17-8-6-14(7-9-17)19-13-18-12-16(10-11-26(18)25-19)21-24-23-20(27-21)15-4-2-1-3-5-15/h1-13H. The van der Waals surface area contributed by atoms with Crippen LogP contribution in [0.2, 0.25) is 5.02 Å². The predicted molar refractivity (Wildman–Crippen MR) is 104 cm³/mol. The molecule has 3 heterocycles. The highest BCUT2D eigenvalue weighted by Crippen LogP contribution is 2.27. The first-order chi connectivity index (χ1) is 13.3. The first-order valence-corrected chi connectivity index (χ1v) is 8.79. The van der Waals surface area contributed by atoms with Gasteiger partial charge in [-0.15, -0.1) is 10.2 Å². The molecule has 0 amide bonds. The van der Waals surface area contributed by atoms with Crippen molar-refractivity contribution in [3.63, 3.8) is 0 Å². The minimum atomic E-state index is 0.477. The molecule has 0 fully saturated rings. The van der Waals surface area contributed by atoms with Crippen molar-refractivity contribution in [3.05, 3.63) is 84.0 Å². The molecule has 5 aromatic rings. The van der Waals surface area contributed by atoms with E-state index in [1.54, 1.807) is 0 Å². The number of fused-ring (bicyclic) bond motifs is 1. The Bertz CT molecular complexity index is 1230. The summed E-state index contributed by atoms with van der Waals surface area (Å²) in [6, 6.07) is 23.2. The molecule has 0 saturated carbocycles. The summed E-state index contributed by atoms with van der Waals surface area (Å²) < 4.78 is 7.66. The van der Waals surface area contributed by atoms with Crippen LogP contribution in [0.15, 0.2) is 83.4 Å². The zero-order valence-corrected chi connectivity index (χ0v) is 14.8. The van der Waals surface area contributed by atoms with Gasteiger partial charge in [0, 0.05) is 27.9 Å². The van der Waals surface area contributed by atoms with Crippen molar-refractivity contribution in [1.29, 1.82) is 0 Å². The SMILES string of the molecule is Clc1ccc(-c2cc3cc(-c4nnc(-c5ccccc5)o4)ccn3n2)cc1. The summed E-state index contributed by atoms with van der Waals surface area (Å²) in [7, 11) is 0. The molecule has 0 bridgehead atoms. The second-order valence-electron chi connectivity index (χ2n) is 6.10. The van der Waals surface area contributed by atoms with E-state index in [9.17, 15) is 0 Å². The number of aromatic nitrogens is 4. The highest BCUT2D eigenvalue weighted by atomic mass is 35.5. The van der Waals surface area contributed by atoms with Gasteiger partial charge in [0.05, 0.1) is 11.2 Å². The molecule has 0 spiro atoms. The van der Waals surface area contributed by atoms with Crippen LogP contribution in [-0.4, -0.2) is 19.8 Å². The van der Waals surface area contributed by atoms with E-state index in [-0.39, 0.29) is 0 Å². The lowest BCUT2D eigenvalue weighted by Crippen LogP contribution is -1.87. The van der Waals surface area contributed by atoms with Crippen molar-refractivity contribution in [1.82, 2.24) is 19.8 Å². The van der Waals surface area contributed by atoms with Crippen LogP contribution in [0.3, 0.4) is 0 Å². The lowest BCUT2D eigenvalue weighted by Gasteiger charge is -1.97. The molecule has 27 heavy (non-hydrogen) atoms. The van der Waals surface area contributed by atoms with Crippen LogP contribution in [0.25, 0.3) is 39.7 Å². The molecule has 6 heteroatoms. The first-order valence-electron chi connectivity index (χ1n) is 8.41. The molecular weight excluding hydrogens is 360 g/mol. The van der Waals surface area contributed by atoms with Crippen molar-refractivity contribution in [3.8, 4) is 34.2 Å². The number of hydrogen-bond donors (Lipinski definition) is 0. The van der Waals surface area contributed by atoms with E-state index in [1.165, 1.54) is 0 Å². The van der Waals surface area contributed by atoms with Crippen LogP contribution < -0.4 is 0 Å². The Hall–Kier alpha value is -3.44. The van der Waals surface area contributed by atoms with Crippen molar-refractivity contribution in [2.75, 3.05) is 0 Å². The first kappa shape index (κ1) is 15.8. The summed E-state index contributed by atoms with van der Waals surface area (Å²) in [5.41, 5.74) is 4.57. The second-order valence-corrected chi connectivity index (χ2v) is 6.54. The van der Waals surface area contributed by atoms with Crippen LogP contribution in [-0.2, 0) is 0 Å². The summed E-state index contributed by atoms with van der Waals surface area (Å²) >= 11 is 5.96. The summed E-state index contributed by atoms with van der Waals surface area (Å²) in [6.45, 7) is 0. The molecule has 0 aliphatic carbocycles.